The summed E-state index contributed by atoms with van der Waals surface area (Å²) >= 11 is 0. The molecule has 0 aliphatic rings. The molecule has 0 aliphatic heterocycles. The highest BCUT2D eigenvalue weighted by Crippen LogP contribution is 2.32. The number of benzene rings is 2. The van der Waals surface area contributed by atoms with Crippen molar-refractivity contribution in [1.82, 2.24) is 14.7 Å². The number of aryl methyl sites for hydroxylation is 1. The number of urea groups is 1. The lowest BCUT2D eigenvalue weighted by Crippen LogP contribution is -2.21. The zero-order chi connectivity index (χ0) is 21.7. The van der Waals surface area contributed by atoms with Crippen molar-refractivity contribution < 1.29 is 18.3 Å². The number of halogens is 2. The lowest BCUT2D eigenvalue weighted by Gasteiger charge is -2.16. The number of carbonyl (C=O) groups excluding carboxylic acids is 1. The minimum Gasteiger partial charge on any atom is -0.492 e. The maximum absolute atomic E-state index is 13.8. The molecule has 2 aromatic carbocycles. The van der Waals surface area contributed by atoms with Crippen LogP contribution in [-0.4, -0.2) is 48.0 Å². The van der Waals surface area contributed by atoms with Gasteiger partial charge in [-0.2, -0.15) is 5.10 Å². The summed E-state index contributed by atoms with van der Waals surface area (Å²) in [6.07, 6.45) is 1.67. The third-order valence-electron chi connectivity index (χ3n) is 4.31. The highest BCUT2D eigenvalue weighted by Gasteiger charge is 2.14. The Morgan fingerprint density at radius 2 is 1.93 bits per heavy atom. The Bertz CT molecular complexity index is 1040. The monoisotopic (exact) mass is 415 g/mol. The molecule has 0 saturated heterocycles. The van der Waals surface area contributed by atoms with Crippen LogP contribution in [0.15, 0.2) is 48.7 Å². The molecule has 2 N–H and O–H groups in total. The molecule has 0 atom stereocenters. The second-order valence-corrected chi connectivity index (χ2v) is 6.91. The number of anilines is 2. The largest absolute Gasteiger partial charge is 0.492 e. The number of aromatic nitrogens is 2. The van der Waals surface area contributed by atoms with E-state index in [4.69, 9.17) is 4.74 Å². The van der Waals surface area contributed by atoms with Crippen LogP contribution < -0.4 is 15.4 Å². The van der Waals surface area contributed by atoms with Crippen molar-refractivity contribution in [2.24, 2.45) is 7.05 Å². The van der Waals surface area contributed by atoms with Crippen LogP contribution in [0.1, 0.15) is 0 Å². The van der Waals surface area contributed by atoms with E-state index in [0.29, 0.717) is 24.1 Å². The molecule has 0 fully saturated rings. The zero-order valence-electron chi connectivity index (χ0n) is 16.9. The first-order valence-electron chi connectivity index (χ1n) is 9.26. The summed E-state index contributed by atoms with van der Waals surface area (Å²) < 4.78 is 34.4. The highest BCUT2D eigenvalue weighted by atomic mass is 19.1. The molecule has 3 aromatic rings. The highest BCUT2D eigenvalue weighted by molar-refractivity contribution is 6.00. The number of hydrogen-bond donors (Lipinski definition) is 2. The van der Waals surface area contributed by atoms with Gasteiger partial charge in [-0.25, -0.2) is 13.6 Å². The molecular formula is C21H23F2N5O2. The van der Waals surface area contributed by atoms with Gasteiger partial charge in [0.25, 0.3) is 0 Å². The molecule has 0 bridgehead atoms. The van der Waals surface area contributed by atoms with E-state index in [2.05, 4.69) is 15.7 Å². The molecule has 7 nitrogen and oxygen atoms in total. The van der Waals surface area contributed by atoms with Gasteiger partial charge in [0.15, 0.2) is 0 Å². The van der Waals surface area contributed by atoms with Gasteiger partial charge in [-0.05, 0) is 50.5 Å². The van der Waals surface area contributed by atoms with Crippen molar-refractivity contribution >= 4 is 17.4 Å². The Hall–Kier alpha value is -3.46. The quantitative estimate of drug-likeness (QED) is 0.613. The van der Waals surface area contributed by atoms with Gasteiger partial charge in [-0.3, -0.25) is 4.68 Å². The van der Waals surface area contributed by atoms with E-state index in [1.807, 2.05) is 32.1 Å². The molecule has 0 saturated carbocycles. The number of hydrogen-bond acceptors (Lipinski definition) is 4. The molecule has 0 radical (unpaired) electrons. The molecule has 1 aromatic heterocycles. The summed E-state index contributed by atoms with van der Waals surface area (Å²) in [4.78, 5) is 14.3. The van der Waals surface area contributed by atoms with Crippen LogP contribution in [-0.2, 0) is 7.05 Å². The van der Waals surface area contributed by atoms with E-state index >= 15 is 0 Å². The number of likely N-dealkylation sites (N-methyl/N-ethyl adjacent to an activating group) is 1. The second-order valence-electron chi connectivity index (χ2n) is 6.91. The summed E-state index contributed by atoms with van der Waals surface area (Å²) in [5, 5.41) is 9.21. The van der Waals surface area contributed by atoms with Gasteiger partial charge in [0, 0.05) is 37.1 Å². The van der Waals surface area contributed by atoms with Crippen LogP contribution in [0.5, 0.6) is 5.75 Å². The molecule has 158 valence electrons. The van der Waals surface area contributed by atoms with Crippen LogP contribution in [0.3, 0.4) is 0 Å². The van der Waals surface area contributed by atoms with Crippen LogP contribution >= 0.6 is 0 Å². The van der Waals surface area contributed by atoms with Gasteiger partial charge >= 0.3 is 6.03 Å². The van der Waals surface area contributed by atoms with Crippen LogP contribution in [0, 0.1) is 11.6 Å². The third-order valence-corrected chi connectivity index (χ3v) is 4.31. The Balaban J connectivity index is 1.79. The van der Waals surface area contributed by atoms with Gasteiger partial charge in [0.1, 0.15) is 24.0 Å². The fourth-order valence-electron chi connectivity index (χ4n) is 2.79. The SMILES string of the molecule is CN(C)CCOc1ccc(NC(=O)Nc2ccc(F)cc2F)cc1-c1ccnn1C. The van der Waals surface area contributed by atoms with Crippen molar-refractivity contribution in [2.45, 2.75) is 0 Å². The first-order valence-corrected chi connectivity index (χ1v) is 9.26. The van der Waals surface area contributed by atoms with E-state index < -0.39 is 17.7 Å². The fourth-order valence-corrected chi connectivity index (χ4v) is 2.79. The molecule has 9 heteroatoms. The molecule has 1 heterocycles. The van der Waals surface area contributed by atoms with E-state index in [9.17, 15) is 13.6 Å². The lowest BCUT2D eigenvalue weighted by atomic mass is 10.1. The summed E-state index contributed by atoms with van der Waals surface area (Å²) in [6.45, 7) is 1.24. The summed E-state index contributed by atoms with van der Waals surface area (Å²) in [6, 6.07) is 9.31. The average Bonchev–Trinajstić information content (AvgIpc) is 3.10. The molecule has 0 spiro atoms. The van der Waals surface area contributed by atoms with E-state index in [0.717, 1.165) is 29.9 Å². The number of nitrogens with one attached hydrogen (secondary N) is 2. The summed E-state index contributed by atoms with van der Waals surface area (Å²) in [7, 11) is 5.73. The van der Waals surface area contributed by atoms with Crippen molar-refractivity contribution in [2.75, 3.05) is 37.9 Å². The normalized spacial score (nSPS) is 10.9. The minimum absolute atomic E-state index is 0.121. The average molecular weight is 415 g/mol. The van der Waals surface area contributed by atoms with Gasteiger partial charge in [0.05, 0.1) is 11.4 Å². The van der Waals surface area contributed by atoms with Gasteiger partial charge in [-0.1, -0.05) is 0 Å². The molecule has 30 heavy (non-hydrogen) atoms. The molecular weight excluding hydrogens is 392 g/mol. The molecule has 2 amide bonds. The summed E-state index contributed by atoms with van der Waals surface area (Å²) in [5.41, 5.74) is 1.92. The Morgan fingerprint density at radius 3 is 2.60 bits per heavy atom. The summed E-state index contributed by atoms with van der Waals surface area (Å²) in [5.74, 6) is -0.925. The first kappa shape index (κ1) is 21.3. The minimum atomic E-state index is -0.856. The lowest BCUT2D eigenvalue weighted by molar-refractivity contribution is 0.261. The Morgan fingerprint density at radius 1 is 1.13 bits per heavy atom. The van der Waals surface area contributed by atoms with Crippen molar-refractivity contribution in [3.63, 3.8) is 0 Å². The number of carbonyl (C=O) groups is 1. The van der Waals surface area contributed by atoms with Crippen LogP contribution in [0.4, 0.5) is 25.0 Å². The maximum atomic E-state index is 13.8. The second kappa shape index (κ2) is 9.36. The Labute approximate surface area is 173 Å². The predicted molar refractivity (Wildman–Crippen MR) is 112 cm³/mol. The maximum Gasteiger partial charge on any atom is 0.323 e. The van der Waals surface area contributed by atoms with Gasteiger partial charge in [0.2, 0.25) is 0 Å². The number of ether oxygens (including phenoxy) is 1. The van der Waals surface area contributed by atoms with E-state index in [-0.39, 0.29) is 5.69 Å². The molecule has 0 unspecified atom stereocenters. The fraction of sp³-hybridized carbons (Fsp3) is 0.238. The van der Waals surface area contributed by atoms with Crippen LogP contribution in [0.2, 0.25) is 0 Å². The van der Waals surface area contributed by atoms with Gasteiger partial charge < -0.3 is 20.3 Å². The standard InChI is InChI=1S/C21H23F2N5O2/c1-27(2)10-11-30-20-7-5-15(13-16(20)19-8-9-24-28(19)3)25-21(29)26-18-6-4-14(22)12-17(18)23/h4-9,12-13H,10-11H2,1-3H3,(H2,25,26,29). The topological polar surface area (TPSA) is 71.4 Å². The third kappa shape index (κ3) is 5.32. The van der Waals surface area contributed by atoms with Crippen molar-refractivity contribution in [3.05, 3.63) is 60.3 Å². The number of amides is 2. The van der Waals surface area contributed by atoms with Crippen molar-refractivity contribution in [3.8, 4) is 17.0 Å². The number of rotatable bonds is 7. The predicted octanol–water partition coefficient (Wildman–Crippen LogP) is 3.95. The number of nitrogens with zero attached hydrogens (tertiary/aromatic N) is 3. The van der Waals surface area contributed by atoms with Crippen molar-refractivity contribution in [1.29, 1.82) is 0 Å². The van der Waals surface area contributed by atoms with Gasteiger partial charge in [-0.15, -0.1) is 0 Å². The van der Waals surface area contributed by atoms with E-state index in [1.165, 1.54) is 0 Å². The Kier molecular flexibility index (Phi) is 6.63. The zero-order valence-corrected chi connectivity index (χ0v) is 16.9. The molecule has 3 rings (SSSR count). The molecule has 0 aliphatic carbocycles. The first-order chi connectivity index (χ1) is 14.3. The van der Waals surface area contributed by atoms with Crippen LogP contribution in [0.25, 0.3) is 11.3 Å². The smallest absolute Gasteiger partial charge is 0.323 e. The van der Waals surface area contributed by atoms with E-state index in [1.54, 1.807) is 29.1 Å².